The van der Waals surface area contributed by atoms with Gasteiger partial charge in [-0.3, -0.25) is 9.36 Å². The van der Waals surface area contributed by atoms with Crippen molar-refractivity contribution in [2.75, 3.05) is 17.6 Å². The Morgan fingerprint density at radius 1 is 1.15 bits per heavy atom. The number of nitrogen functional groups attached to an aromatic ring is 1. The molecule has 0 atom stereocenters. The third-order valence-electron chi connectivity index (χ3n) is 5.13. The third-order valence-corrected chi connectivity index (χ3v) is 5.45. The summed E-state index contributed by atoms with van der Waals surface area (Å²) in [5.74, 6) is 6.28. The molecule has 0 spiro atoms. The van der Waals surface area contributed by atoms with Crippen LogP contribution >= 0.6 is 11.6 Å². The Morgan fingerprint density at radius 2 is 1.91 bits per heavy atom. The smallest absolute Gasteiger partial charge is 0.264 e. The quantitative estimate of drug-likeness (QED) is 0.381. The first-order valence-corrected chi connectivity index (χ1v) is 11.1. The number of halogens is 1. The number of nitrogens with two attached hydrogens (primary N) is 1. The maximum atomic E-state index is 13.5. The number of fused-ring (bicyclic) bond motifs is 1. The summed E-state index contributed by atoms with van der Waals surface area (Å²) in [6.45, 7) is 3.62. The van der Waals surface area contributed by atoms with E-state index in [-0.39, 0.29) is 11.4 Å². The molecule has 0 saturated heterocycles. The molecule has 2 aromatic heterocycles. The van der Waals surface area contributed by atoms with Gasteiger partial charge in [-0.05, 0) is 43.5 Å². The highest BCUT2D eigenvalue weighted by Gasteiger charge is 2.14. The number of para-hydroxylation sites is 1. The number of hydrogen-bond acceptors (Lipinski definition) is 6. The van der Waals surface area contributed by atoms with Crippen molar-refractivity contribution in [1.82, 2.24) is 14.5 Å². The van der Waals surface area contributed by atoms with Crippen molar-refractivity contribution in [3.05, 3.63) is 87.6 Å². The monoisotopic (exact) mass is 473 g/mol. The zero-order valence-corrected chi connectivity index (χ0v) is 19.6. The Bertz CT molecular complexity index is 1460. The Hall–Kier alpha value is -3.86. The highest BCUT2D eigenvalue weighted by atomic mass is 35.5. The van der Waals surface area contributed by atoms with Gasteiger partial charge >= 0.3 is 0 Å². The Morgan fingerprint density at radius 3 is 2.65 bits per heavy atom. The van der Waals surface area contributed by atoms with Gasteiger partial charge in [-0.1, -0.05) is 53.8 Å². The fraction of sp³-hybridized carbons (Fsp3) is 0.192. The van der Waals surface area contributed by atoms with E-state index in [1.165, 1.54) is 6.33 Å². The summed E-state index contributed by atoms with van der Waals surface area (Å²) in [6, 6.07) is 16.8. The summed E-state index contributed by atoms with van der Waals surface area (Å²) in [5.41, 5.74) is 6.62. The zero-order chi connectivity index (χ0) is 24.3. The fourth-order valence-electron chi connectivity index (χ4n) is 3.60. The van der Waals surface area contributed by atoms with Crippen LogP contribution in [0.25, 0.3) is 16.5 Å². The summed E-state index contributed by atoms with van der Waals surface area (Å²) in [4.78, 5) is 21.7. The molecule has 0 saturated carbocycles. The van der Waals surface area contributed by atoms with Crippen LogP contribution in [-0.2, 0) is 6.42 Å². The molecule has 7 nitrogen and oxygen atoms in total. The zero-order valence-electron chi connectivity index (χ0n) is 18.8. The Kier molecular flexibility index (Phi) is 6.55. The van der Waals surface area contributed by atoms with Crippen molar-refractivity contribution in [2.24, 2.45) is 0 Å². The lowest BCUT2D eigenvalue weighted by Gasteiger charge is -2.16. The minimum atomic E-state index is -1.18. The first-order chi connectivity index (χ1) is 16.2. The lowest BCUT2D eigenvalue weighted by atomic mass is 10.1. The van der Waals surface area contributed by atoms with E-state index in [0.717, 1.165) is 16.8 Å². The number of aliphatic hydroxyl groups is 1. The molecular weight excluding hydrogens is 450 g/mol. The molecule has 0 fully saturated rings. The van der Waals surface area contributed by atoms with Crippen LogP contribution in [0.4, 0.5) is 11.6 Å². The fourth-order valence-corrected chi connectivity index (χ4v) is 3.86. The number of aromatic nitrogens is 3. The van der Waals surface area contributed by atoms with Crippen LogP contribution in [0.3, 0.4) is 0 Å². The van der Waals surface area contributed by atoms with Crippen molar-refractivity contribution in [2.45, 2.75) is 25.9 Å². The molecule has 0 amide bonds. The maximum absolute atomic E-state index is 13.5. The summed E-state index contributed by atoms with van der Waals surface area (Å²) in [7, 11) is 0. The van der Waals surface area contributed by atoms with Gasteiger partial charge in [-0.15, -0.1) is 0 Å². The van der Waals surface area contributed by atoms with Crippen molar-refractivity contribution in [1.29, 1.82) is 0 Å². The topological polar surface area (TPSA) is 106 Å². The average Bonchev–Trinajstić information content (AvgIpc) is 2.78. The predicted molar refractivity (Wildman–Crippen MR) is 136 cm³/mol. The van der Waals surface area contributed by atoms with Crippen LogP contribution < -0.4 is 16.6 Å². The van der Waals surface area contributed by atoms with Gasteiger partial charge in [-0.25, -0.2) is 9.97 Å². The SMILES string of the molecule is CC(C)(O)C#Cc1c(N)ncnc1NCCc1cc2cccc(Cl)c2c(=O)n1-c1ccccc1. The standard InChI is InChI=1S/C26H24ClN5O2/c1-26(2,34)13-11-20-23(28)30-16-31-24(20)29-14-12-19-15-17-7-6-10-21(27)22(17)25(33)32(19)18-8-4-3-5-9-18/h3-10,15-16,34H,12,14H2,1-2H3,(H3,28,29,30,31). The molecule has 2 aromatic carbocycles. The molecule has 0 bridgehead atoms. The summed E-state index contributed by atoms with van der Waals surface area (Å²) < 4.78 is 1.68. The predicted octanol–water partition coefficient (Wildman–Crippen LogP) is 3.79. The first-order valence-electron chi connectivity index (χ1n) is 10.7. The highest BCUT2D eigenvalue weighted by Crippen LogP contribution is 2.23. The van der Waals surface area contributed by atoms with Crippen LogP contribution in [-0.4, -0.2) is 31.8 Å². The number of pyridine rings is 1. The van der Waals surface area contributed by atoms with Gasteiger partial charge in [0.2, 0.25) is 0 Å². The minimum absolute atomic E-state index is 0.174. The summed E-state index contributed by atoms with van der Waals surface area (Å²) in [5, 5.41) is 14.9. The molecule has 4 rings (SSSR count). The molecule has 4 N–H and O–H groups in total. The Balaban J connectivity index is 1.70. The molecule has 8 heteroatoms. The van der Waals surface area contributed by atoms with Crippen molar-refractivity contribution >= 4 is 34.0 Å². The van der Waals surface area contributed by atoms with Gasteiger partial charge in [0, 0.05) is 24.3 Å². The number of nitrogens with zero attached hydrogens (tertiary/aromatic N) is 3. The van der Waals surface area contributed by atoms with E-state index in [2.05, 4.69) is 27.1 Å². The van der Waals surface area contributed by atoms with Gasteiger partial charge in [0.25, 0.3) is 5.56 Å². The molecule has 4 aromatic rings. The summed E-state index contributed by atoms with van der Waals surface area (Å²) in [6.07, 6.45) is 1.86. The van der Waals surface area contributed by atoms with E-state index >= 15 is 0 Å². The van der Waals surface area contributed by atoms with E-state index in [1.54, 1.807) is 24.5 Å². The van der Waals surface area contributed by atoms with Gasteiger partial charge in [0.1, 0.15) is 29.1 Å². The van der Waals surface area contributed by atoms with E-state index in [4.69, 9.17) is 17.3 Å². The number of benzene rings is 2. The van der Waals surface area contributed by atoms with Gasteiger partial charge in [0.05, 0.1) is 10.4 Å². The average molecular weight is 474 g/mol. The molecule has 0 radical (unpaired) electrons. The van der Waals surface area contributed by atoms with E-state index in [9.17, 15) is 9.90 Å². The maximum Gasteiger partial charge on any atom is 0.264 e. The van der Waals surface area contributed by atoms with Crippen LogP contribution in [0, 0.1) is 11.8 Å². The molecule has 0 aliphatic carbocycles. The number of hydrogen-bond donors (Lipinski definition) is 3. The third kappa shape index (κ3) is 5.04. The molecular formula is C26H24ClN5O2. The molecule has 0 unspecified atom stereocenters. The van der Waals surface area contributed by atoms with Gasteiger partial charge in [-0.2, -0.15) is 0 Å². The van der Waals surface area contributed by atoms with Crippen molar-refractivity contribution < 1.29 is 5.11 Å². The van der Waals surface area contributed by atoms with Crippen molar-refractivity contribution in [3.63, 3.8) is 0 Å². The number of anilines is 2. The largest absolute Gasteiger partial charge is 0.382 e. The molecule has 34 heavy (non-hydrogen) atoms. The van der Waals surface area contributed by atoms with Crippen molar-refractivity contribution in [3.8, 4) is 17.5 Å². The molecule has 0 aliphatic rings. The lowest BCUT2D eigenvalue weighted by Crippen LogP contribution is -2.24. The second kappa shape index (κ2) is 9.56. The number of rotatable bonds is 5. The molecule has 172 valence electrons. The lowest BCUT2D eigenvalue weighted by molar-refractivity contribution is 0.143. The van der Waals surface area contributed by atoms with Crippen LogP contribution in [0.2, 0.25) is 5.02 Å². The number of nitrogens with one attached hydrogen (secondary N) is 1. The van der Waals surface area contributed by atoms with E-state index in [0.29, 0.717) is 34.8 Å². The second-order valence-corrected chi connectivity index (χ2v) is 8.69. The van der Waals surface area contributed by atoms with E-state index < -0.39 is 5.60 Å². The minimum Gasteiger partial charge on any atom is -0.382 e. The molecule has 2 heterocycles. The summed E-state index contributed by atoms with van der Waals surface area (Å²) >= 11 is 6.37. The second-order valence-electron chi connectivity index (χ2n) is 8.28. The first kappa shape index (κ1) is 23.3. The van der Waals surface area contributed by atoms with Crippen LogP contribution in [0.1, 0.15) is 25.1 Å². The normalized spacial score (nSPS) is 11.2. The Labute approximate surface area is 202 Å². The van der Waals surface area contributed by atoms with Crippen LogP contribution in [0.15, 0.2) is 65.7 Å². The van der Waals surface area contributed by atoms with Gasteiger partial charge < -0.3 is 16.2 Å². The van der Waals surface area contributed by atoms with E-state index in [1.807, 2.05) is 48.5 Å². The highest BCUT2D eigenvalue weighted by molar-refractivity contribution is 6.35. The van der Waals surface area contributed by atoms with Gasteiger partial charge in [0.15, 0.2) is 0 Å². The van der Waals surface area contributed by atoms with Crippen LogP contribution in [0.5, 0.6) is 0 Å². The molecule has 0 aliphatic heterocycles.